The van der Waals surface area contributed by atoms with Crippen molar-refractivity contribution in [2.45, 2.75) is 9.79 Å². The molecular formula is C65H58Cl2N2O6P4Pd2S2+2. The van der Waals surface area contributed by atoms with Crippen LogP contribution in [0.15, 0.2) is 301 Å². The number of fused-ring (bicyclic) bond motifs is 2. The van der Waals surface area contributed by atoms with E-state index in [4.69, 9.17) is 23.2 Å². The first-order valence-corrected chi connectivity index (χ1v) is 36.5. The molecule has 18 heteroatoms. The van der Waals surface area contributed by atoms with Crippen LogP contribution in [-0.4, -0.2) is 45.8 Å². The Morgan fingerprint density at radius 2 is 0.434 bits per heavy atom. The summed E-state index contributed by atoms with van der Waals surface area (Å²) in [6.45, 7) is 0. The SMILES string of the molecule is ClCCl.O=C1[N-]S(=O)(=O)c2ccccc21.O=C1[N-]S(=O)(=O)c2ccccc21.[Pd].[Pd].c1ccc([PH+](C[PH+](c2ccccc2)c2ccccc2)c2ccccc2)cc1.c1ccc([PH+](C[PH+](c2ccccc2)c2ccccc2)c2ccccc2)cc1. The fourth-order valence-corrected chi connectivity index (χ4v) is 26.8. The molecule has 0 saturated carbocycles. The molecule has 0 N–H and O–H groups in total. The second-order valence-corrected chi connectivity index (χ2v) is 33.3. The zero-order valence-corrected chi connectivity index (χ0v) is 54.6. The second-order valence-electron chi connectivity index (χ2n) is 18.0. The van der Waals surface area contributed by atoms with Crippen molar-refractivity contribution in [2.24, 2.45) is 0 Å². The van der Waals surface area contributed by atoms with Crippen molar-refractivity contribution < 1.29 is 67.3 Å². The van der Waals surface area contributed by atoms with Gasteiger partial charge in [0.2, 0.25) is 0 Å². The van der Waals surface area contributed by atoms with Crippen LogP contribution in [-0.2, 0) is 60.9 Å². The Balaban J connectivity index is 0.000000184. The maximum absolute atomic E-state index is 11.1. The van der Waals surface area contributed by atoms with Crippen LogP contribution in [0.25, 0.3) is 9.44 Å². The summed E-state index contributed by atoms with van der Waals surface area (Å²) < 4.78 is 50.3. The fourth-order valence-electron chi connectivity index (χ4n) is 9.10. The first kappa shape index (κ1) is 66.8. The molecule has 10 aromatic rings. The zero-order chi connectivity index (χ0) is 56.9. The third-order valence-electron chi connectivity index (χ3n) is 12.9. The van der Waals surface area contributed by atoms with Crippen LogP contribution in [0.1, 0.15) is 20.7 Å². The monoisotopic (exact) mass is 1430 g/mol. The van der Waals surface area contributed by atoms with Crippen LogP contribution in [0.4, 0.5) is 0 Å². The Kier molecular flexibility index (Phi) is 27.3. The molecule has 0 radical (unpaired) electrons. The summed E-state index contributed by atoms with van der Waals surface area (Å²) in [5.41, 5.74) is 0.329. The van der Waals surface area contributed by atoms with Crippen molar-refractivity contribution in [3.8, 4) is 0 Å². The van der Waals surface area contributed by atoms with Crippen LogP contribution in [0.2, 0.25) is 0 Å². The van der Waals surface area contributed by atoms with Crippen molar-refractivity contribution in [3.05, 3.63) is 312 Å². The summed E-state index contributed by atoms with van der Waals surface area (Å²) in [6.07, 6.45) is 0. The van der Waals surface area contributed by atoms with Gasteiger partial charge in [0.25, 0.3) is 0 Å². The first-order chi connectivity index (χ1) is 39.5. The van der Waals surface area contributed by atoms with E-state index >= 15 is 0 Å². The Bertz CT molecular complexity index is 3240. The molecule has 2 aliphatic heterocycles. The van der Waals surface area contributed by atoms with E-state index in [9.17, 15) is 26.4 Å². The standard InChI is InChI=1S/2C25H22P2.2C7H5NO3S.CH2Cl2.2Pd/c2*1-5-13-22(14-6-1)26(23-15-7-2-8-16-23)21-27(24-17-9-3-10-18-24)25-19-11-4-12-20-25;2*9-7-5-3-1-2-4-6(5)12(10,11)8-7;2-1-3;;/h2*1-20H,21H2;2*1-4H,(H,8,9);1H2;;/p+2. The molecule has 83 heavy (non-hydrogen) atoms. The Morgan fingerprint density at radius 3 is 0.602 bits per heavy atom. The van der Waals surface area contributed by atoms with Gasteiger partial charge in [-0.1, -0.05) is 182 Å². The van der Waals surface area contributed by atoms with Gasteiger partial charge in [0.15, 0.2) is 11.8 Å². The van der Waals surface area contributed by atoms with Crippen molar-refractivity contribution in [3.63, 3.8) is 0 Å². The maximum atomic E-state index is 11.1. The second kappa shape index (κ2) is 34.0. The first-order valence-electron chi connectivity index (χ1n) is 25.7. The molecule has 2 heterocycles. The summed E-state index contributed by atoms with van der Waals surface area (Å²) in [5.74, 6) is 1.14. The molecule has 0 spiro atoms. The third kappa shape index (κ3) is 18.8. The van der Waals surface area contributed by atoms with Gasteiger partial charge in [0, 0.05) is 52.0 Å². The molecular weight excluding hydrogens is 1380 g/mol. The number of hydrogen-bond donors (Lipinski definition) is 0. The average Bonchev–Trinajstić information content (AvgIpc) is 3.73. The largest absolute Gasteiger partial charge is 0.537 e. The number of alkyl halides is 2. The number of carbonyl (C=O) groups excluding carboxylic acids is 2. The Labute approximate surface area is 530 Å². The molecule has 0 aromatic heterocycles. The van der Waals surface area contributed by atoms with Crippen molar-refractivity contribution in [2.75, 3.05) is 17.1 Å². The third-order valence-corrected chi connectivity index (χ3v) is 29.4. The molecule has 0 atom stereocenters. The molecule has 2 aliphatic rings. The topological polar surface area (TPSA) is 131 Å². The average molecular weight is 1430 g/mol. The van der Waals surface area contributed by atoms with Gasteiger partial charge in [-0.2, -0.15) is 0 Å². The van der Waals surface area contributed by atoms with E-state index in [0.29, 0.717) is 0 Å². The van der Waals surface area contributed by atoms with Crippen molar-refractivity contribution in [1.82, 2.24) is 0 Å². The fraction of sp³-hybridized carbons (Fsp3) is 0.0462. The molecule has 2 amide bonds. The summed E-state index contributed by atoms with van der Waals surface area (Å²) in [4.78, 5) is 21.9. The van der Waals surface area contributed by atoms with Gasteiger partial charge in [-0.3, -0.25) is 0 Å². The van der Waals surface area contributed by atoms with Gasteiger partial charge in [0.1, 0.15) is 94.2 Å². The van der Waals surface area contributed by atoms with Crippen LogP contribution < -0.4 is 42.4 Å². The van der Waals surface area contributed by atoms with Gasteiger partial charge in [0.05, 0.1) is 26.9 Å². The van der Waals surface area contributed by atoms with E-state index in [2.05, 4.69) is 252 Å². The normalized spacial score (nSPS) is 12.7. The Morgan fingerprint density at radius 1 is 0.277 bits per heavy atom. The number of carbonyl (C=O) groups is 2. The predicted octanol–water partition coefficient (Wildman–Crippen LogP) is 12.6. The van der Waals surface area contributed by atoms with Crippen LogP contribution in [0.3, 0.4) is 0 Å². The molecule has 0 unspecified atom stereocenters. The number of rotatable bonds is 12. The van der Waals surface area contributed by atoms with E-state index in [1.165, 1.54) is 78.5 Å². The van der Waals surface area contributed by atoms with Gasteiger partial charge >= 0.3 is 0 Å². The van der Waals surface area contributed by atoms with Crippen LogP contribution >= 0.6 is 54.9 Å². The van der Waals surface area contributed by atoms with E-state index in [-0.39, 0.29) is 67.1 Å². The van der Waals surface area contributed by atoms with E-state index in [0.717, 1.165) is 0 Å². The number of sulfonamides is 2. The van der Waals surface area contributed by atoms with Gasteiger partial charge < -0.3 is 19.0 Å². The molecule has 0 saturated heterocycles. The molecule has 8 nitrogen and oxygen atoms in total. The number of halogens is 2. The van der Waals surface area contributed by atoms with E-state index < -0.39 is 63.5 Å². The number of benzene rings is 10. The number of nitrogens with zero attached hydrogens (tertiary/aromatic N) is 2. The zero-order valence-electron chi connectivity index (χ0n) is 44.4. The minimum atomic E-state index is -3.68. The van der Waals surface area contributed by atoms with Crippen molar-refractivity contribution in [1.29, 1.82) is 0 Å². The quantitative estimate of drug-likeness (QED) is 0.0680. The van der Waals surface area contributed by atoms with Gasteiger partial charge in [-0.25, -0.2) is 16.8 Å². The summed E-state index contributed by atoms with van der Waals surface area (Å²) in [5, 5.41) is 12.2. The smallest absolute Gasteiger partial charge is 0.174 e. The maximum Gasteiger partial charge on any atom is 0.174 e. The number of hydrogen-bond acceptors (Lipinski definition) is 6. The molecule has 0 bridgehead atoms. The van der Waals surface area contributed by atoms with E-state index in [1.54, 1.807) is 24.3 Å². The molecule has 0 fully saturated rings. The van der Waals surface area contributed by atoms with Gasteiger partial charge in [-0.05, 0) is 109 Å². The van der Waals surface area contributed by atoms with Crippen molar-refractivity contribution >= 4 is 129 Å². The predicted molar refractivity (Wildman–Crippen MR) is 351 cm³/mol. The summed E-state index contributed by atoms with van der Waals surface area (Å²) in [7, 11) is -10.7. The van der Waals surface area contributed by atoms with Crippen LogP contribution in [0, 0.1) is 0 Å². The molecule has 10 aromatic carbocycles. The molecule has 12 rings (SSSR count). The number of amides is 2. The minimum absolute atomic E-state index is 0. The minimum Gasteiger partial charge on any atom is -0.537 e. The van der Waals surface area contributed by atoms with Crippen LogP contribution in [0.5, 0.6) is 0 Å². The molecule has 0 aliphatic carbocycles. The summed E-state index contributed by atoms with van der Waals surface area (Å²) >= 11 is 9.53. The van der Waals surface area contributed by atoms with E-state index in [1.807, 2.05) is 0 Å². The summed E-state index contributed by atoms with van der Waals surface area (Å²) in [6, 6.07) is 101. The molecule has 428 valence electrons. The Hall–Kier alpha value is -5.34. The van der Waals surface area contributed by atoms with Gasteiger partial charge in [-0.15, -0.1) is 23.2 Å².